The Kier molecular flexibility index (Phi) is 6.08. The lowest BCUT2D eigenvalue weighted by Crippen LogP contribution is -2.28. The number of carbonyl (C=O) groups is 1. The van der Waals surface area contributed by atoms with Crippen LogP contribution in [-0.2, 0) is 6.42 Å². The summed E-state index contributed by atoms with van der Waals surface area (Å²) in [4.78, 5) is 12.5. The molecule has 1 N–H and O–H groups in total. The van der Waals surface area contributed by atoms with Crippen LogP contribution >= 0.6 is 11.6 Å². The highest BCUT2D eigenvalue weighted by atomic mass is 35.5. The van der Waals surface area contributed by atoms with Crippen molar-refractivity contribution in [3.05, 3.63) is 76.8 Å². The van der Waals surface area contributed by atoms with Crippen molar-refractivity contribution in [3.8, 4) is 11.4 Å². The highest BCUT2D eigenvalue weighted by molar-refractivity contribution is 6.30. The van der Waals surface area contributed by atoms with Crippen molar-refractivity contribution in [2.45, 2.75) is 13.3 Å². The molecular formula is C20H19ClFN3O2. The molecule has 0 unspecified atom stereocenters. The van der Waals surface area contributed by atoms with Crippen molar-refractivity contribution < 1.29 is 13.9 Å². The second kappa shape index (κ2) is 8.68. The Morgan fingerprint density at radius 1 is 1.26 bits per heavy atom. The van der Waals surface area contributed by atoms with Gasteiger partial charge in [-0.05, 0) is 48.9 Å². The molecule has 7 heteroatoms. The van der Waals surface area contributed by atoms with Gasteiger partial charge in [-0.2, -0.15) is 5.10 Å². The summed E-state index contributed by atoms with van der Waals surface area (Å²) in [5.41, 5.74) is 2.12. The Bertz CT molecular complexity index is 925. The summed E-state index contributed by atoms with van der Waals surface area (Å²) in [6.07, 6.45) is 2.19. The van der Waals surface area contributed by atoms with Crippen LogP contribution in [0.3, 0.4) is 0 Å². The lowest BCUT2D eigenvalue weighted by molar-refractivity contribution is 0.0946. The molecule has 0 saturated heterocycles. The van der Waals surface area contributed by atoms with Crippen LogP contribution in [0.5, 0.6) is 5.75 Å². The number of hydrogen-bond donors (Lipinski definition) is 1. The van der Waals surface area contributed by atoms with Crippen molar-refractivity contribution in [2.24, 2.45) is 0 Å². The molecule has 0 atom stereocenters. The molecule has 27 heavy (non-hydrogen) atoms. The number of nitrogens with zero attached hydrogens (tertiary/aromatic N) is 2. The minimum atomic E-state index is -0.320. The summed E-state index contributed by atoms with van der Waals surface area (Å²) in [7, 11) is 0. The van der Waals surface area contributed by atoms with E-state index in [1.807, 2.05) is 19.1 Å². The first kappa shape index (κ1) is 18.9. The highest BCUT2D eigenvalue weighted by Crippen LogP contribution is 2.19. The van der Waals surface area contributed by atoms with Crippen LogP contribution < -0.4 is 10.1 Å². The standard InChI is InChI=1S/C20H19ClFN3O2/c1-2-19-18(13-24-25(19)16-5-3-4-14(21)12-16)20(26)23-10-11-27-17-8-6-15(22)7-9-17/h3-9,12-13H,2,10-11H2,1H3,(H,23,26). The largest absolute Gasteiger partial charge is 0.492 e. The second-order valence-corrected chi connectivity index (χ2v) is 6.24. The van der Waals surface area contributed by atoms with E-state index in [4.69, 9.17) is 16.3 Å². The van der Waals surface area contributed by atoms with Crippen molar-refractivity contribution in [3.63, 3.8) is 0 Å². The Balaban J connectivity index is 1.62. The van der Waals surface area contributed by atoms with E-state index < -0.39 is 0 Å². The van der Waals surface area contributed by atoms with Crippen LogP contribution in [0.15, 0.2) is 54.7 Å². The van der Waals surface area contributed by atoms with Gasteiger partial charge in [-0.3, -0.25) is 4.79 Å². The fourth-order valence-electron chi connectivity index (χ4n) is 2.69. The van der Waals surface area contributed by atoms with E-state index in [2.05, 4.69) is 10.4 Å². The molecule has 1 aromatic heterocycles. The zero-order valence-electron chi connectivity index (χ0n) is 14.8. The lowest BCUT2D eigenvalue weighted by atomic mass is 10.2. The van der Waals surface area contributed by atoms with Gasteiger partial charge >= 0.3 is 0 Å². The zero-order valence-corrected chi connectivity index (χ0v) is 15.5. The first-order valence-electron chi connectivity index (χ1n) is 8.58. The Labute approximate surface area is 161 Å². The maximum atomic E-state index is 12.9. The van der Waals surface area contributed by atoms with E-state index in [1.165, 1.54) is 12.1 Å². The first-order valence-corrected chi connectivity index (χ1v) is 8.95. The third-order valence-corrected chi connectivity index (χ3v) is 4.21. The van der Waals surface area contributed by atoms with Crippen LogP contribution in [-0.4, -0.2) is 28.8 Å². The summed E-state index contributed by atoms with van der Waals surface area (Å²) >= 11 is 6.05. The van der Waals surface area contributed by atoms with Gasteiger partial charge in [0.15, 0.2) is 0 Å². The number of carbonyl (C=O) groups excluding carboxylic acids is 1. The second-order valence-electron chi connectivity index (χ2n) is 5.81. The van der Waals surface area contributed by atoms with Crippen LogP contribution in [0.2, 0.25) is 5.02 Å². The minimum absolute atomic E-state index is 0.220. The maximum absolute atomic E-state index is 12.9. The fraction of sp³-hybridized carbons (Fsp3) is 0.200. The number of nitrogens with one attached hydrogen (secondary N) is 1. The van der Waals surface area contributed by atoms with Crippen LogP contribution in [0.25, 0.3) is 5.69 Å². The molecule has 5 nitrogen and oxygen atoms in total. The Morgan fingerprint density at radius 3 is 2.74 bits per heavy atom. The van der Waals surface area contributed by atoms with Gasteiger partial charge in [0.1, 0.15) is 18.2 Å². The highest BCUT2D eigenvalue weighted by Gasteiger charge is 2.17. The lowest BCUT2D eigenvalue weighted by Gasteiger charge is -2.10. The maximum Gasteiger partial charge on any atom is 0.254 e. The van der Waals surface area contributed by atoms with Gasteiger partial charge in [-0.25, -0.2) is 9.07 Å². The van der Waals surface area contributed by atoms with Crippen molar-refractivity contribution in [2.75, 3.05) is 13.2 Å². The Morgan fingerprint density at radius 2 is 2.04 bits per heavy atom. The van der Waals surface area contributed by atoms with Gasteiger partial charge in [-0.15, -0.1) is 0 Å². The van der Waals surface area contributed by atoms with E-state index in [0.717, 1.165) is 11.4 Å². The molecule has 0 aliphatic rings. The SMILES string of the molecule is CCc1c(C(=O)NCCOc2ccc(F)cc2)cnn1-c1cccc(Cl)c1. The number of aromatic nitrogens is 2. The molecule has 0 saturated carbocycles. The number of benzene rings is 2. The smallest absolute Gasteiger partial charge is 0.254 e. The van der Waals surface area contributed by atoms with Gasteiger partial charge in [0.25, 0.3) is 5.91 Å². The molecule has 2 aromatic carbocycles. The summed E-state index contributed by atoms with van der Waals surface area (Å²) in [5.74, 6) is 0.0102. The molecule has 0 aliphatic carbocycles. The average molecular weight is 388 g/mol. The molecule has 3 aromatic rings. The molecule has 3 rings (SSSR count). The number of amides is 1. The predicted octanol–water partition coefficient (Wildman–Crippen LogP) is 4.04. The molecule has 0 fully saturated rings. The van der Waals surface area contributed by atoms with E-state index >= 15 is 0 Å². The summed E-state index contributed by atoms with van der Waals surface area (Å²) in [5, 5.41) is 7.75. The van der Waals surface area contributed by atoms with Gasteiger partial charge in [0, 0.05) is 5.02 Å². The monoisotopic (exact) mass is 387 g/mol. The average Bonchev–Trinajstić information content (AvgIpc) is 3.10. The number of ether oxygens (including phenoxy) is 1. The number of hydrogen-bond acceptors (Lipinski definition) is 3. The van der Waals surface area contributed by atoms with Crippen molar-refractivity contribution in [1.82, 2.24) is 15.1 Å². The van der Waals surface area contributed by atoms with E-state index in [0.29, 0.717) is 29.3 Å². The zero-order chi connectivity index (χ0) is 19.2. The van der Waals surface area contributed by atoms with Crippen LogP contribution in [0.1, 0.15) is 23.0 Å². The van der Waals surface area contributed by atoms with Crippen molar-refractivity contribution in [1.29, 1.82) is 0 Å². The van der Waals surface area contributed by atoms with Gasteiger partial charge in [-0.1, -0.05) is 24.6 Å². The quantitative estimate of drug-likeness (QED) is 0.622. The van der Waals surface area contributed by atoms with Crippen LogP contribution in [0.4, 0.5) is 4.39 Å². The van der Waals surface area contributed by atoms with Crippen molar-refractivity contribution >= 4 is 17.5 Å². The molecule has 0 bridgehead atoms. The van der Waals surface area contributed by atoms with E-state index in [-0.39, 0.29) is 18.3 Å². The van der Waals surface area contributed by atoms with E-state index in [9.17, 15) is 9.18 Å². The fourth-order valence-corrected chi connectivity index (χ4v) is 2.88. The molecule has 0 spiro atoms. The summed E-state index contributed by atoms with van der Waals surface area (Å²) in [6, 6.07) is 13.0. The molecule has 1 amide bonds. The molecule has 1 heterocycles. The van der Waals surface area contributed by atoms with Gasteiger partial charge < -0.3 is 10.1 Å². The van der Waals surface area contributed by atoms with Gasteiger partial charge in [0.2, 0.25) is 0 Å². The van der Waals surface area contributed by atoms with Gasteiger partial charge in [0.05, 0.1) is 29.7 Å². The number of halogens is 2. The third kappa shape index (κ3) is 4.65. The summed E-state index contributed by atoms with van der Waals surface area (Å²) < 4.78 is 20.1. The molecular weight excluding hydrogens is 369 g/mol. The topological polar surface area (TPSA) is 56.1 Å². The normalized spacial score (nSPS) is 10.6. The van der Waals surface area contributed by atoms with Crippen LogP contribution in [0, 0.1) is 5.82 Å². The molecule has 140 valence electrons. The molecule has 0 radical (unpaired) electrons. The third-order valence-electron chi connectivity index (χ3n) is 3.97. The van der Waals surface area contributed by atoms with E-state index in [1.54, 1.807) is 35.1 Å². The summed E-state index contributed by atoms with van der Waals surface area (Å²) in [6.45, 7) is 2.56. The molecule has 0 aliphatic heterocycles. The first-order chi connectivity index (χ1) is 13.1. The minimum Gasteiger partial charge on any atom is -0.492 e. The Hall–Kier alpha value is -2.86. The predicted molar refractivity (Wildman–Crippen MR) is 102 cm³/mol. The number of rotatable bonds is 7.